The number of hydrogen-bond acceptors (Lipinski definition) is 3. The Kier molecular flexibility index (Phi) is 1.84. The second kappa shape index (κ2) is 2.65. The lowest BCUT2D eigenvalue weighted by Gasteiger charge is -2.17. The first kappa shape index (κ1) is 7.64. The topological polar surface area (TPSA) is 75.3 Å². The summed E-state index contributed by atoms with van der Waals surface area (Å²) < 4.78 is 11.9. The van der Waals surface area contributed by atoms with Crippen LogP contribution in [0.1, 0.15) is 0 Å². The van der Waals surface area contributed by atoms with Crippen molar-refractivity contribution in [3.8, 4) is 0 Å². The third kappa shape index (κ3) is 1.34. The number of carbonyl (C=O) groups excluding carboxylic acids is 3. The molecule has 0 bridgehead atoms. The van der Waals surface area contributed by atoms with Crippen LogP contribution in [0.25, 0.3) is 0 Å². The molecule has 1 heterocycles. The van der Waals surface area contributed by atoms with Gasteiger partial charge in [0.05, 0.1) is 0 Å². The molecule has 60 valence electrons. The van der Waals surface area contributed by atoms with Crippen molar-refractivity contribution in [3.63, 3.8) is 0 Å². The number of carbonyl (C=O) groups is 3. The number of amides is 4. The van der Waals surface area contributed by atoms with E-state index in [9.17, 15) is 18.8 Å². The lowest BCUT2D eigenvalue weighted by Crippen LogP contribution is -2.56. The monoisotopic (exact) mass is 160 g/mol. The Labute approximate surface area is 60.9 Å². The summed E-state index contributed by atoms with van der Waals surface area (Å²) in [5.41, 5.74) is 0. The standard InChI is InChI=1S/C5H5FN2O3/c6-1-2-3(9)7-5(11)8-4(2)10/h2H,1H2,(H2,7,8,9,10,11). The van der Waals surface area contributed by atoms with Crippen molar-refractivity contribution < 1.29 is 18.8 Å². The van der Waals surface area contributed by atoms with Crippen molar-refractivity contribution in [2.75, 3.05) is 6.67 Å². The average Bonchev–Trinajstić information content (AvgIpc) is 1.85. The van der Waals surface area contributed by atoms with Crippen LogP contribution in [0.15, 0.2) is 0 Å². The summed E-state index contributed by atoms with van der Waals surface area (Å²) in [6.45, 7) is -1.09. The first-order valence-corrected chi connectivity index (χ1v) is 2.87. The smallest absolute Gasteiger partial charge is 0.277 e. The van der Waals surface area contributed by atoms with Crippen molar-refractivity contribution in [3.05, 3.63) is 0 Å². The van der Waals surface area contributed by atoms with Crippen LogP contribution in [0.2, 0.25) is 0 Å². The molecule has 5 nitrogen and oxygen atoms in total. The van der Waals surface area contributed by atoms with Crippen LogP contribution in [0.3, 0.4) is 0 Å². The summed E-state index contributed by atoms with van der Waals surface area (Å²) in [6.07, 6.45) is 0. The quantitative estimate of drug-likeness (QED) is 0.480. The Balaban J connectivity index is 2.74. The van der Waals surface area contributed by atoms with Gasteiger partial charge in [-0.3, -0.25) is 20.2 Å². The van der Waals surface area contributed by atoms with Gasteiger partial charge in [0.25, 0.3) is 0 Å². The summed E-state index contributed by atoms with van der Waals surface area (Å²) in [4.78, 5) is 31.6. The van der Waals surface area contributed by atoms with E-state index in [1.165, 1.54) is 0 Å². The number of barbiturate groups is 1. The molecular weight excluding hydrogens is 155 g/mol. The highest BCUT2D eigenvalue weighted by Crippen LogP contribution is 2.01. The van der Waals surface area contributed by atoms with E-state index in [-0.39, 0.29) is 0 Å². The van der Waals surface area contributed by atoms with E-state index in [4.69, 9.17) is 0 Å². The molecule has 0 saturated carbocycles. The van der Waals surface area contributed by atoms with Crippen molar-refractivity contribution in [2.24, 2.45) is 5.92 Å². The second-order valence-electron chi connectivity index (χ2n) is 2.01. The van der Waals surface area contributed by atoms with E-state index in [2.05, 4.69) is 0 Å². The van der Waals surface area contributed by atoms with Gasteiger partial charge in [0.1, 0.15) is 12.6 Å². The number of hydrogen-bond donors (Lipinski definition) is 2. The highest BCUT2D eigenvalue weighted by molar-refractivity contribution is 6.16. The Morgan fingerprint density at radius 1 is 1.18 bits per heavy atom. The van der Waals surface area contributed by atoms with E-state index < -0.39 is 30.4 Å². The summed E-state index contributed by atoms with van der Waals surface area (Å²) in [7, 11) is 0. The van der Waals surface area contributed by atoms with E-state index in [0.717, 1.165) is 0 Å². The van der Waals surface area contributed by atoms with Crippen molar-refractivity contribution in [1.29, 1.82) is 0 Å². The van der Waals surface area contributed by atoms with Crippen LogP contribution >= 0.6 is 0 Å². The Morgan fingerprint density at radius 3 is 2.00 bits per heavy atom. The minimum Gasteiger partial charge on any atom is -0.277 e. The second-order valence-corrected chi connectivity index (χ2v) is 2.01. The van der Waals surface area contributed by atoms with Crippen LogP contribution in [-0.2, 0) is 9.59 Å². The van der Waals surface area contributed by atoms with Crippen LogP contribution in [-0.4, -0.2) is 24.5 Å². The normalized spacial score (nSPS) is 19.5. The number of alkyl halides is 1. The van der Waals surface area contributed by atoms with Crippen LogP contribution in [0.4, 0.5) is 9.18 Å². The Hall–Kier alpha value is -1.46. The lowest BCUT2D eigenvalue weighted by atomic mass is 10.1. The predicted octanol–water partition coefficient (Wildman–Crippen LogP) is -1.06. The Morgan fingerprint density at radius 2 is 1.64 bits per heavy atom. The maximum Gasteiger partial charge on any atom is 0.328 e. The van der Waals surface area contributed by atoms with Gasteiger partial charge in [-0.25, -0.2) is 9.18 Å². The molecule has 4 amide bonds. The molecule has 0 atom stereocenters. The minimum absolute atomic E-state index is 0.888. The molecule has 0 aromatic carbocycles. The summed E-state index contributed by atoms with van der Waals surface area (Å²) in [5.74, 6) is -3.16. The van der Waals surface area contributed by atoms with Gasteiger partial charge >= 0.3 is 6.03 Å². The highest BCUT2D eigenvalue weighted by atomic mass is 19.1. The zero-order chi connectivity index (χ0) is 8.43. The molecule has 0 aromatic heterocycles. The zero-order valence-electron chi connectivity index (χ0n) is 5.39. The lowest BCUT2D eigenvalue weighted by molar-refractivity contribution is -0.136. The van der Waals surface area contributed by atoms with Gasteiger partial charge in [-0.15, -0.1) is 0 Å². The van der Waals surface area contributed by atoms with E-state index in [1.54, 1.807) is 10.6 Å². The third-order valence-corrected chi connectivity index (χ3v) is 1.26. The van der Waals surface area contributed by atoms with Gasteiger partial charge in [-0.2, -0.15) is 0 Å². The predicted molar refractivity (Wildman–Crippen MR) is 31.1 cm³/mol. The molecule has 1 rings (SSSR count). The van der Waals surface area contributed by atoms with Crippen molar-refractivity contribution in [1.82, 2.24) is 10.6 Å². The molecule has 0 unspecified atom stereocenters. The molecule has 0 aliphatic carbocycles. The summed E-state index contributed by atoms with van der Waals surface area (Å²) >= 11 is 0. The molecule has 11 heavy (non-hydrogen) atoms. The minimum atomic E-state index is -1.38. The molecule has 0 aromatic rings. The zero-order valence-corrected chi connectivity index (χ0v) is 5.39. The molecule has 1 aliphatic rings. The van der Waals surface area contributed by atoms with Gasteiger partial charge in [-0.1, -0.05) is 0 Å². The van der Waals surface area contributed by atoms with Crippen molar-refractivity contribution in [2.45, 2.75) is 0 Å². The maximum atomic E-state index is 11.9. The van der Waals surface area contributed by atoms with Crippen LogP contribution in [0.5, 0.6) is 0 Å². The van der Waals surface area contributed by atoms with E-state index in [0.29, 0.717) is 0 Å². The van der Waals surface area contributed by atoms with Gasteiger partial charge in [0.15, 0.2) is 0 Å². The largest absolute Gasteiger partial charge is 0.328 e. The molecule has 1 saturated heterocycles. The first-order valence-electron chi connectivity index (χ1n) is 2.87. The first-order chi connectivity index (χ1) is 5.15. The molecule has 1 aliphatic heterocycles. The summed E-state index contributed by atoms with van der Waals surface area (Å²) in [6, 6.07) is -0.898. The number of urea groups is 1. The number of rotatable bonds is 1. The van der Waals surface area contributed by atoms with Gasteiger partial charge < -0.3 is 0 Å². The van der Waals surface area contributed by atoms with Crippen LogP contribution in [0, 0.1) is 5.92 Å². The SMILES string of the molecule is O=C1NC(=O)C(CF)C(=O)N1. The molecular formula is C5H5FN2O3. The number of imide groups is 2. The molecule has 0 spiro atoms. The molecule has 6 heteroatoms. The third-order valence-electron chi connectivity index (χ3n) is 1.26. The van der Waals surface area contributed by atoms with E-state index in [1.807, 2.05) is 0 Å². The molecule has 2 N–H and O–H groups in total. The highest BCUT2D eigenvalue weighted by Gasteiger charge is 2.33. The Bertz CT molecular complexity index is 208. The fourth-order valence-electron chi connectivity index (χ4n) is 0.688. The average molecular weight is 160 g/mol. The fourth-order valence-corrected chi connectivity index (χ4v) is 0.688. The van der Waals surface area contributed by atoms with Gasteiger partial charge in [0, 0.05) is 0 Å². The van der Waals surface area contributed by atoms with E-state index >= 15 is 0 Å². The molecule has 0 radical (unpaired) electrons. The molecule has 1 fully saturated rings. The summed E-state index contributed by atoms with van der Waals surface area (Å²) in [5, 5.41) is 3.52. The van der Waals surface area contributed by atoms with Gasteiger partial charge in [0.2, 0.25) is 11.8 Å². The number of halogens is 1. The maximum absolute atomic E-state index is 11.9. The fraction of sp³-hybridized carbons (Fsp3) is 0.400. The van der Waals surface area contributed by atoms with Gasteiger partial charge in [-0.05, 0) is 0 Å². The number of nitrogens with one attached hydrogen (secondary N) is 2. The van der Waals surface area contributed by atoms with Crippen LogP contribution < -0.4 is 10.6 Å². The van der Waals surface area contributed by atoms with Crippen molar-refractivity contribution >= 4 is 17.8 Å².